The molecule has 2 atom stereocenters. The van der Waals surface area contributed by atoms with Crippen LogP contribution in [0.15, 0.2) is 18.2 Å². The van der Waals surface area contributed by atoms with Crippen molar-refractivity contribution < 1.29 is 14.3 Å². The zero-order valence-corrected chi connectivity index (χ0v) is 14.1. The molecule has 122 valence electrons. The van der Waals surface area contributed by atoms with Gasteiger partial charge in [0.05, 0.1) is 6.04 Å². The van der Waals surface area contributed by atoms with Crippen LogP contribution in [0, 0.1) is 0 Å². The van der Waals surface area contributed by atoms with E-state index >= 15 is 0 Å². The molecule has 22 heavy (non-hydrogen) atoms. The highest BCUT2D eigenvalue weighted by Crippen LogP contribution is 2.34. The van der Waals surface area contributed by atoms with Crippen LogP contribution in [0.2, 0.25) is 0 Å². The summed E-state index contributed by atoms with van der Waals surface area (Å²) >= 11 is 1.90. The Hall–Kier alpha value is -1.11. The van der Waals surface area contributed by atoms with Gasteiger partial charge in [-0.3, -0.25) is 4.79 Å². The fourth-order valence-corrected chi connectivity index (χ4v) is 3.49. The first-order valence-electron chi connectivity index (χ1n) is 7.22. The number of thioether (sulfide) groups is 1. The number of hydrogen-bond donors (Lipinski definition) is 2. The second-order valence-corrected chi connectivity index (χ2v) is 6.48. The Labute approximate surface area is 140 Å². The highest BCUT2D eigenvalue weighted by atomic mass is 35.5. The van der Waals surface area contributed by atoms with Gasteiger partial charge in [-0.25, -0.2) is 0 Å². The Kier molecular flexibility index (Phi) is 6.23. The first-order valence-corrected chi connectivity index (χ1v) is 8.38. The summed E-state index contributed by atoms with van der Waals surface area (Å²) in [6.45, 7) is 3.24. The molecular formula is C15H21ClN2O3S. The molecule has 0 bridgehead atoms. The smallest absolute Gasteiger partial charge is 0.231 e. The minimum atomic E-state index is -0.0387. The number of ether oxygens (including phenoxy) is 2. The minimum absolute atomic E-state index is 0. The van der Waals surface area contributed by atoms with Crippen molar-refractivity contribution in [1.29, 1.82) is 0 Å². The summed E-state index contributed by atoms with van der Waals surface area (Å²) in [5.41, 5.74) is 1.03. The van der Waals surface area contributed by atoms with E-state index in [1.165, 1.54) is 0 Å². The van der Waals surface area contributed by atoms with Crippen LogP contribution in [0.3, 0.4) is 0 Å². The predicted molar refractivity (Wildman–Crippen MR) is 90.1 cm³/mol. The second kappa shape index (κ2) is 7.94. The first kappa shape index (κ1) is 17.2. The van der Waals surface area contributed by atoms with Crippen LogP contribution in [0.5, 0.6) is 11.5 Å². The van der Waals surface area contributed by atoms with Gasteiger partial charge in [-0.05, 0) is 24.6 Å². The Bertz CT molecular complexity index is 524. The van der Waals surface area contributed by atoms with E-state index in [1.807, 2.05) is 36.9 Å². The maximum atomic E-state index is 12.1. The van der Waals surface area contributed by atoms with Gasteiger partial charge in [-0.1, -0.05) is 6.07 Å². The molecule has 2 unspecified atom stereocenters. The summed E-state index contributed by atoms with van der Waals surface area (Å²) in [7, 11) is 0. The number of carbonyl (C=O) groups excluding carboxylic acids is 1. The van der Waals surface area contributed by atoms with Gasteiger partial charge in [0, 0.05) is 30.5 Å². The third-order valence-corrected chi connectivity index (χ3v) is 4.84. The largest absolute Gasteiger partial charge is 0.454 e. The van der Waals surface area contributed by atoms with E-state index in [4.69, 9.17) is 9.47 Å². The Morgan fingerprint density at radius 1 is 1.45 bits per heavy atom. The van der Waals surface area contributed by atoms with Crippen LogP contribution < -0.4 is 20.1 Å². The van der Waals surface area contributed by atoms with Gasteiger partial charge in [0.25, 0.3) is 0 Å². The maximum Gasteiger partial charge on any atom is 0.231 e. The van der Waals surface area contributed by atoms with Crippen LogP contribution in [0.4, 0.5) is 0 Å². The Morgan fingerprint density at radius 2 is 2.27 bits per heavy atom. The summed E-state index contributed by atoms with van der Waals surface area (Å²) in [6.07, 6.45) is 0.530. The van der Waals surface area contributed by atoms with Crippen LogP contribution in [-0.2, 0) is 4.79 Å². The molecule has 1 aromatic rings. The molecule has 1 aromatic carbocycles. The molecule has 1 fully saturated rings. The number of amides is 1. The second-order valence-electron chi connectivity index (χ2n) is 5.33. The summed E-state index contributed by atoms with van der Waals surface area (Å²) in [6, 6.07) is 6.03. The lowest BCUT2D eigenvalue weighted by molar-refractivity contribution is -0.122. The normalized spacial score (nSPS) is 20.9. The van der Waals surface area contributed by atoms with Crippen molar-refractivity contribution in [3.8, 4) is 11.5 Å². The van der Waals surface area contributed by atoms with Crippen molar-refractivity contribution in [2.24, 2.45) is 0 Å². The van der Waals surface area contributed by atoms with Gasteiger partial charge in [0.1, 0.15) is 0 Å². The van der Waals surface area contributed by atoms with Gasteiger partial charge in [-0.15, -0.1) is 12.4 Å². The molecular weight excluding hydrogens is 324 g/mol. The van der Waals surface area contributed by atoms with Crippen LogP contribution in [0.25, 0.3) is 0 Å². The van der Waals surface area contributed by atoms with E-state index in [2.05, 4.69) is 10.6 Å². The van der Waals surface area contributed by atoms with Crippen molar-refractivity contribution in [2.75, 3.05) is 24.8 Å². The van der Waals surface area contributed by atoms with E-state index < -0.39 is 0 Å². The van der Waals surface area contributed by atoms with Gasteiger partial charge in [-0.2, -0.15) is 11.8 Å². The molecule has 2 heterocycles. The quantitative estimate of drug-likeness (QED) is 0.876. The number of carbonyl (C=O) groups is 1. The van der Waals surface area contributed by atoms with Gasteiger partial charge in [0.2, 0.25) is 12.7 Å². The fourth-order valence-electron chi connectivity index (χ4n) is 2.54. The monoisotopic (exact) mass is 344 g/mol. The summed E-state index contributed by atoms with van der Waals surface area (Å²) in [5.74, 6) is 3.73. The molecule has 0 aliphatic carbocycles. The van der Waals surface area contributed by atoms with Crippen LogP contribution in [-0.4, -0.2) is 36.8 Å². The first-order chi connectivity index (χ1) is 10.2. The topological polar surface area (TPSA) is 59.6 Å². The van der Waals surface area contributed by atoms with E-state index in [9.17, 15) is 4.79 Å². The highest BCUT2D eigenvalue weighted by Gasteiger charge is 2.20. The van der Waals surface area contributed by atoms with Crippen molar-refractivity contribution >= 4 is 30.1 Å². The number of benzene rings is 1. The van der Waals surface area contributed by atoms with Gasteiger partial charge in [0.15, 0.2) is 11.5 Å². The molecule has 0 spiro atoms. The van der Waals surface area contributed by atoms with Crippen LogP contribution in [0.1, 0.15) is 24.9 Å². The molecule has 0 saturated carbocycles. The third-order valence-electron chi connectivity index (χ3n) is 3.70. The minimum Gasteiger partial charge on any atom is -0.454 e. The average Bonchev–Trinajstić information content (AvgIpc) is 2.95. The number of hydrogen-bond acceptors (Lipinski definition) is 5. The van der Waals surface area contributed by atoms with E-state index in [-0.39, 0.29) is 37.2 Å². The van der Waals surface area contributed by atoms with Crippen LogP contribution >= 0.6 is 24.2 Å². The number of fused-ring (bicyclic) bond motifs is 1. The molecule has 7 heteroatoms. The van der Waals surface area contributed by atoms with Crippen molar-refractivity contribution in [1.82, 2.24) is 10.6 Å². The standard InChI is InChI=1S/C15H20N2O3S.ClH/c1-10(11-2-3-13-14(6-11)20-9-19-13)17-15(18)7-12-8-21-5-4-16-12;/h2-3,6,10,12,16H,4-5,7-9H2,1H3,(H,17,18);1H. The predicted octanol–water partition coefficient (Wildman–Crippen LogP) is 2.11. The van der Waals surface area contributed by atoms with Crippen molar-refractivity contribution in [3.63, 3.8) is 0 Å². The summed E-state index contributed by atoms with van der Waals surface area (Å²) in [4.78, 5) is 12.1. The lowest BCUT2D eigenvalue weighted by Gasteiger charge is -2.23. The highest BCUT2D eigenvalue weighted by molar-refractivity contribution is 7.99. The molecule has 0 aromatic heterocycles. The van der Waals surface area contributed by atoms with E-state index in [1.54, 1.807) is 0 Å². The summed E-state index contributed by atoms with van der Waals surface area (Å²) < 4.78 is 10.7. The average molecular weight is 345 g/mol. The zero-order chi connectivity index (χ0) is 14.7. The van der Waals surface area contributed by atoms with Crippen molar-refractivity contribution in [2.45, 2.75) is 25.4 Å². The lowest BCUT2D eigenvalue weighted by Crippen LogP contribution is -2.41. The molecule has 0 radical (unpaired) electrons. The molecule has 2 aliphatic heterocycles. The zero-order valence-electron chi connectivity index (χ0n) is 12.5. The Balaban J connectivity index is 0.00000176. The van der Waals surface area contributed by atoms with Gasteiger partial charge >= 0.3 is 0 Å². The lowest BCUT2D eigenvalue weighted by atomic mass is 10.1. The summed E-state index contributed by atoms with van der Waals surface area (Å²) in [5, 5.41) is 6.43. The molecule has 2 aliphatic rings. The van der Waals surface area contributed by atoms with E-state index in [0.717, 1.165) is 35.1 Å². The van der Waals surface area contributed by atoms with Crippen molar-refractivity contribution in [3.05, 3.63) is 23.8 Å². The van der Waals surface area contributed by atoms with Gasteiger partial charge < -0.3 is 20.1 Å². The molecule has 2 N–H and O–H groups in total. The molecule has 3 rings (SSSR count). The van der Waals surface area contributed by atoms with E-state index in [0.29, 0.717) is 6.42 Å². The molecule has 5 nitrogen and oxygen atoms in total. The fraction of sp³-hybridized carbons (Fsp3) is 0.533. The number of nitrogens with one attached hydrogen (secondary N) is 2. The Morgan fingerprint density at radius 3 is 3.05 bits per heavy atom. The third kappa shape index (κ3) is 4.21. The number of halogens is 1. The molecule has 1 saturated heterocycles. The number of rotatable bonds is 4. The maximum absolute atomic E-state index is 12.1. The molecule has 1 amide bonds. The SMILES string of the molecule is CC(NC(=O)CC1CSCCN1)c1ccc2c(c1)OCO2.Cl.